The summed E-state index contributed by atoms with van der Waals surface area (Å²) in [7, 11) is 0. The van der Waals surface area contributed by atoms with Crippen LogP contribution in [0.15, 0.2) is 30.6 Å². The normalized spacial score (nSPS) is 21.8. The minimum absolute atomic E-state index is 0.416. The van der Waals surface area contributed by atoms with E-state index in [1.54, 1.807) is 0 Å². The highest BCUT2D eigenvalue weighted by atomic mass is 15.1. The first-order chi connectivity index (χ1) is 9.43. The zero-order valence-corrected chi connectivity index (χ0v) is 11.1. The fraction of sp³-hybridized carbons (Fsp3) is 0.438. The molecule has 2 aliphatic rings. The second kappa shape index (κ2) is 4.49. The van der Waals surface area contributed by atoms with Crippen LogP contribution in [0.2, 0.25) is 0 Å². The molecule has 1 unspecified atom stereocenters. The predicted molar refractivity (Wildman–Crippen MR) is 75.2 cm³/mol. The predicted octanol–water partition coefficient (Wildman–Crippen LogP) is 2.45. The fourth-order valence-electron chi connectivity index (χ4n) is 3.48. The highest BCUT2D eigenvalue weighted by Crippen LogP contribution is 2.29. The molecule has 3 nitrogen and oxygen atoms in total. The lowest BCUT2D eigenvalue weighted by molar-refractivity contribution is 0.468. The number of hydrogen-bond acceptors (Lipinski definition) is 2. The number of hydrogen-bond donors (Lipinski definition) is 1. The Hall–Kier alpha value is -1.61. The van der Waals surface area contributed by atoms with E-state index in [2.05, 4.69) is 45.5 Å². The van der Waals surface area contributed by atoms with E-state index in [4.69, 9.17) is 0 Å². The average Bonchev–Trinajstić information content (AvgIpc) is 2.90. The van der Waals surface area contributed by atoms with E-state index in [1.807, 2.05) is 0 Å². The Morgan fingerprint density at radius 3 is 3.05 bits per heavy atom. The van der Waals surface area contributed by atoms with Crippen LogP contribution in [0.25, 0.3) is 0 Å². The molecular formula is C16H19N3. The van der Waals surface area contributed by atoms with E-state index < -0.39 is 0 Å². The molecule has 1 aromatic carbocycles. The minimum atomic E-state index is 0.416. The maximum absolute atomic E-state index is 4.64. The molecule has 0 amide bonds. The molecule has 1 aliphatic carbocycles. The van der Waals surface area contributed by atoms with E-state index >= 15 is 0 Å². The van der Waals surface area contributed by atoms with Gasteiger partial charge < -0.3 is 9.88 Å². The van der Waals surface area contributed by atoms with Gasteiger partial charge in [0, 0.05) is 18.8 Å². The molecule has 98 valence electrons. The van der Waals surface area contributed by atoms with Gasteiger partial charge in [0.25, 0.3) is 0 Å². The Balaban J connectivity index is 1.79. The first kappa shape index (κ1) is 11.2. The van der Waals surface area contributed by atoms with Crippen molar-refractivity contribution in [3.05, 3.63) is 53.1 Å². The van der Waals surface area contributed by atoms with Gasteiger partial charge in [0.1, 0.15) is 0 Å². The van der Waals surface area contributed by atoms with Gasteiger partial charge in [-0.3, -0.25) is 0 Å². The number of benzene rings is 1. The third kappa shape index (κ3) is 1.80. The van der Waals surface area contributed by atoms with Crippen molar-refractivity contribution in [1.29, 1.82) is 0 Å². The molecule has 1 aromatic heterocycles. The van der Waals surface area contributed by atoms with Gasteiger partial charge in [-0.1, -0.05) is 24.3 Å². The van der Waals surface area contributed by atoms with Crippen LogP contribution in [0.3, 0.4) is 0 Å². The van der Waals surface area contributed by atoms with Crippen LogP contribution in [0.1, 0.15) is 41.4 Å². The zero-order valence-electron chi connectivity index (χ0n) is 11.1. The van der Waals surface area contributed by atoms with E-state index in [1.165, 1.54) is 41.8 Å². The summed E-state index contributed by atoms with van der Waals surface area (Å²) < 4.78 is 2.42. The number of nitrogens with zero attached hydrogens (tertiary/aromatic N) is 2. The fourth-order valence-corrected chi connectivity index (χ4v) is 3.48. The van der Waals surface area contributed by atoms with Crippen molar-refractivity contribution in [1.82, 2.24) is 14.9 Å². The molecule has 0 saturated carbocycles. The lowest BCUT2D eigenvalue weighted by atomic mass is 9.95. The summed E-state index contributed by atoms with van der Waals surface area (Å²) in [5.41, 5.74) is 5.69. The van der Waals surface area contributed by atoms with Crippen LogP contribution in [0, 0.1) is 0 Å². The molecule has 0 fully saturated rings. The Kier molecular flexibility index (Phi) is 2.66. The standard InChI is InChI=1S/C16H19N3/c1-2-6-13-12(5-1)9-17-10-16(13)19-11-18-14-7-3-4-8-15(14)19/h1-2,5-6,11,16-17H,3-4,7-10H2. The van der Waals surface area contributed by atoms with Gasteiger partial charge in [0.2, 0.25) is 0 Å². The average molecular weight is 253 g/mol. The highest BCUT2D eigenvalue weighted by molar-refractivity contribution is 5.34. The van der Waals surface area contributed by atoms with Crippen LogP contribution in [-0.4, -0.2) is 16.1 Å². The molecule has 2 heterocycles. The van der Waals surface area contributed by atoms with E-state index in [0.717, 1.165) is 19.5 Å². The summed E-state index contributed by atoms with van der Waals surface area (Å²) in [4.78, 5) is 4.64. The van der Waals surface area contributed by atoms with Gasteiger partial charge in [-0.25, -0.2) is 4.98 Å². The Labute approximate surface area is 113 Å². The summed E-state index contributed by atoms with van der Waals surface area (Å²) in [6, 6.07) is 9.21. The summed E-state index contributed by atoms with van der Waals surface area (Å²) in [5.74, 6) is 0. The lowest BCUT2D eigenvalue weighted by Gasteiger charge is -2.29. The van der Waals surface area contributed by atoms with E-state index in [-0.39, 0.29) is 0 Å². The number of nitrogens with one attached hydrogen (secondary N) is 1. The van der Waals surface area contributed by atoms with Crippen molar-refractivity contribution < 1.29 is 0 Å². The first-order valence-electron chi connectivity index (χ1n) is 7.26. The van der Waals surface area contributed by atoms with Crippen LogP contribution in [0.4, 0.5) is 0 Å². The van der Waals surface area contributed by atoms with Crippen molar-refractivity contribution in [3.8, 4) is 0 Å². The van der Waals surface area contributed by atoms with Gasteiger partial charge >= 0.3 is 0 Å². The second-order valence-electron chi connectivity index (χ2n) is 5.60. The Bertz CT molecular complexity index is 600. The van der Waals surface area contributed by atoms with Gasteiger partial charge in [0.05, 0.1) is 18.1 Å². The molecule has 4 rings (SSSR count). The van der Waals surface area contributed by atoms with Gasteiger partial charge in [-0.05, 0) is 36.8 Å². The lowest BCUT2D eigenvalue weighted by Crippen LogP contribution is -2.32. The quantitative estimate of drug-likeness (QED) is 0.846. The largest absolute Gasteiger partial charge is 0.326 e. The van der Waals surface area contributed by atoms with Crippen molar-refractivity contribution in [2.45, 2.75) is 38.3 Å². The summed E-state index contributed by atoms with van der Waals surface area (Å²) in [5, 5.41) is 3.54. The monoisotopic (exact) mass is 253 g/mol. The molecule has 0 saturated heterocycles. The Morgan fingerprint density at radius 2 is 2.05 bits per heavy atom. The summed E-state index contributed by atoms with van der Waals surface area (Å²) in [6.07, 6.45) is 7.01. The van der Waals surface area contributed by atoms with Crippen molar-refractivity contribution in [2.75, 3.05) is 6.54 Å². The molecule has 3 heteroatoms. The summed E-state index contributed by atoms with van der Waals surface area (Å²) in [6.45, 7) is 2.00. The van der Waals surface area contributed by atoms with Crippen molar-refractivity contribution in [3.63, 3.8) is 0 Å². The smallest absolute Gasteiger partial charge is 0.0957 e. The SMILES string of the molecule is c1ccc2c(c1)CNCC2n1cnc2c1CCCC2. The molecule has 0 radical (unpaired) electrons. The molecular weight excluding hydrogens is 234 g/mol. The van der Waals surface area contributed by atoms with Crippen LogP contribution >= 0.6 is 0 Å². The zero-order chi connectivity index (χ0) is 12.7. The molecule has 1 atom stereocenters. The number of fused-ring (bicyclic) bond motifs is 2. The third-order valence-corrected chi connectivity index (χ3v) is 4.46. The van der Waals surface area contributed by atoms with Gasteiger partial charge in [0.15, 0.2) is 0 Å². The third-order valence-electron chi connectivity index (χ3n) is 4.46. The van der Waals surface area contributed by atoms with Crippen molar-refractivity contribution in [2.24, 2.45) is 0 Å². The molecule has 0 spiro atoms. The molecule has 0 bridgehead atoms. The van der Waals surface area contributed by atoms with Crippen LogP contribution < -0.4 is 5.32 Å². The minimum Gasteiger partial charge on any atom is -0.326 e. The second-order valence-corrected chi connectivity index (χ2v) is 5.60. The number of rotatable bonds is 1. The molecule has 19 heavy (non-hydrogen) atoms. The highest BCUT2D eigenvalue weighted by Gasteiger charge is 2.25. The first-order valence-corrected chi connectivity index (χ1v) is 7.26. The number of imidazole rings is 1. The molecule has 1 N–H and O–H groups in total. The van der Waals surface area contributed by atoms with E-state index in [9.17, 15) is 0 Å². The topological polar surface area (TPSA) is 29.9 Å². The maximum Gasteiger partial charge on any atom is 0.0957 e. The van der Waals surface area contributed by atoms with Crippen molar-refractivity contribution >= 4 is 0 Å². The van der Waals surface area contributed by atoms with Gasteiger partial charge in [-0.15, -0.1) is 0 Å². The maximum atomic E-state index is 4.64. The number of aryl methyl sites for hydroxylation is 1. The molecule has 1 aliphatic heterocycles. The van der Waals surface area contributed by atoms with Crippen LogP contribution in [0.5, 0.6) is 0 Å². The molecule has 2 aromatic rings. The van der Waals surface area contributed by atoms with Gasteiger partial charge in [-0.2, -0.15) is 0 Å². The Morgan fingerprint density at radius 1 is 1.16 bits per heavy atom. The van der Waals surface area contributed by atoms with Crippen LogP contribution in [-0.2, 0) is 19.4 Å². The van der Waals surface area contributed by atoms with E-state index in [0.29, 0.717) is 6.04 Å². The summed E-state index contributed by atoms with van der Waals surface area (Å²) >= 11 is 0. The number of aromatic nitrogens is 2.